The molecule has 4 aromatic rings. The predicted molar refractivity (Wildman–Crippen MR) is 107 cm³/mol. The zero-order chi connectivity index (χ0) is 17.7. The van der Waals surface area contributed by atoms with Gasteiger partial charge in [-0.2, -0.15) is 0 Å². The maximum Gasteiger partial charge on any atom is 0.193 e. The summed E-state index contributed by atoms with van der Waals surface area (Å²) in [6, 6.07) is 24.5. The third kappa shape index (κ3) is 2.10. The maximum absolute atomic E-state index is 13.2. The number of aromatic nitrogens is 1. The smallest absolute Gasteiger partial charge is 0.193 e. The Bertz CT molecular complexity index is 1190. The minimum absolute atomic E-state index is 0.120. The first-order valence-electron chi connectivity index (χ1n) is 8.78. The summed E-state index contributed by atoms with van der Waals surface area (Å²) in [6.45, 7) is 0. The minimum atomic E-state index is 0.120. The summed E-state index contributed by atoms with van der Waals surface area (Å²) in [5, 5.41) is 0.775. The number of nitrogens with zero attached hydrogens (tertiary/aromatic N) is 2. The van der Waals surface area contributed by atoms with E-state index in [0.717, 1.165) is 39.1 Å². The molecule has 26 heavy (non-hydrogen) atoms. The van der Waals surface area contributed by atoms with Gasteiger partial charge < -0.3 is 9.47 Å². The quantitative estimate of drug-likeness (QED) is 0.531. The van der Waals surface area contributed by atoms with Crippen molar-refractivity contribution in [3.8, 4) is 5.69 Å². The third-order valence-electron chi connectivity index (χ3n) is 5.18. The van der Waals surface area contributed by atoms with E-state index in [2.05, 4.69) is 46.8 Å². The van der Waals surface area contributed by atoms with Gasteiger partial charge in [0.05, 0.1) is 22.6 Å². The van der Waals surface area contributed by atoms with E-state index in [1.54, 1.807) is 0 Å². The highest BCUT2D eigenvalue weighted by molar-refractivity contribution is 5.98. The number of fused-ring (bicyclic) bond motifs is 2. The number of benzene rings is 3. The molecule has 126 valence electrons. The number of hydrogen-bond donors (Lipinski definition) is 0. The fraction of sp³-hybridized carbons (Fsp3) is 0.0870. The van der Waals surface area contributed by atoms with Gasteiger partial charge in [-0.25, -0.2) is 0 Å². The molecule has 0 unspecified atom stereocenters. The van der Waals surface area contributed by atoms with Crippen molar-refractivity contribution in [3.05, 3.63) is 100 Å². The number of hydrogen-bond acceptors (Lipinski definition) is 2. The first-order chi connectivity index (χ1) is 12.7. The molecule has 0 spiro atoms. The van der Waals surface area contributed by atoms with E-state index in [9.17, 15) is 4.79 Å². The van der Waals surface area contributed by atoms with Crippen molar-refractivity contribution in [2.24, 2.45) is 0 Å². The van der Waals surface area contributed by atoms with Gasteiger partial charge in [-0.15, -0.1) is 0 Å². The first kappa shape index (κ1) is 15.0. The van der Waals surface area contributed by atoms with E-state index < -0.39 is 0 Å². The Morgan fingerprint density at radius 2 is 1.46 bits per heavy atom. The van der Waals surface area contributed by atoms with E-state index in [-0.39, 0.29) is 5.43 Å². The van der Waals surface area contributed by atoms with Gasteiger partial charge in [0.25, 0.3) is 0 Å². The highest BCUT2D eigenvalue weighted by Gasteiger charge is 2.23. The maximum atomic E-state index is 13.2. The molecular formula is C23H18N2O. The van der Waals surface area contributed by atoms with Crippen LogP contribution in [0.3, 0.4) is 0 Å². The molecule has 0 atom stereocenters. The van der Waals surface area contributed by atoms with Crippen LogP contribution in [0.1, 0.15) is 11.1 Å². The lowest BCUT2D eigenvalue weighted by Crippen LogP contribution is -2.23. The van der Waals surface area contributed by atoms with Crippen molar-refractivity contribution < 1.29 is 0 Å². The normalized spacial score (nSPS) is 12.3. The van der Waals surface area contributed by atoms with Crippen LogP contribution in [0.15, 0.2) is 83.8 Å². The summed E-state index contributed by atoms with van der Waals surface area (Å²) in [5.74, 6) is 0. The van der Waals surface area contributed by atoms with Crippen LogP contribution in [0.2, 0.25) is 0 Å². The lowest BCUT2D eigenvalue weighted by molar-refractivity contribution is 1.00. The van der Waals surface area contributed by atoms with Crippen LogP contribution < -0.4 is 10.3 Å². The molecule has 0 aliphatic carbocycles. The lowest BCUT2D eigenvalue weighted by Gasteiger charge is -2.31. The van der Waals surface area contributed by atoms with Crippen LogP contribution in [0.25, 0.3) is 16.6 Å². The molecule has 0 saturated carbocycles. The van der Waals surface area contributed by atoms with E-state index in [1.165, 1.54) is 0 Å². The van der Waals surface area contributed by atoms with E-state index in [4.69, 9.17) is 0 Å². The Morgan fingerprint density at radius 3 is 2.27 bits per heavy atom. The third-order valence-corrected chi connectivity index (χ3v) is 5.18. The van der Waals surface area contributed by atoms with Crippen molar-refractivity contribution >= 4 is 22.3 Å². The van der Waals surface area contributed by atoms with Gasteiger partial charge in [-0.1, -0.05) is 48.5 Å². The second kappa shape index (κ2) is 5.60. The van der Waals surface area contributed by atoms with E-state index in [0.29, 0.717) is 6.42 Å². The SMILES string of the molecule is CN1c2ccccc2-n2cc(Cc3ccccc3)c(=O)c3cccc1c32. The standard InChI is InChI=1S/C23H18N2O/c1-24-19-11-5-6-12-20(19)25-15-17(14-16-8-3-2-4-9-16)23(26)18-10-7-13-21(24)22(18)25/h2-13,15H,14H2,1H3. The number of pyridine rings is 1. The topological polar surface area (TPSA) is 25.2 Å². The molecular weight excluding hydrogens is 320 g/mol. The zero-order valence-corrected chi connectivity index (χ0v) is 14.5. The van der Waals surface area contributed by atoms with Crippen LogP contribution >= 0.6 is 0 Å². The summed E-state index contributed by atoms with van der Waals surface area (Å²) < 4.78 is 2.18. The second-order valence-electron chi connectivity index (χ2n) is 6.74. The molecule has 3 aromatic carbocycles. The van der Waals surface area contributed by atoms with Crippen molar-refractivity contribution in [2.45, 2.75) is 6.42 Å². The summed E-state index contributed by atoms with van der Waals surface area (Å²) >= 11 is 0. The predicted octanol–water partition coefficient (Wildman–Crippen LogP) is 4.66. The molecule has 0 saturated heterocycles. The van der Waals surface area contributed by atoms with Gasteiger partial charge in [-0.3, -0.25) is 4.79 Å². The summed E-state index contributed by atoms with van der Waals surface area (Å²) in [7, 11) is 2.06. The Kier molecular flexibility index (Phi) is 3.22. The molecule has 0 fully saturated rings. The van der Waals surface area contributed by atoms with Gasteiger partial charge in [-0.05, 0) is 29.8 Å². The van der Waals surface area contributed by atoms with Crippen LogP contribution in [0.4, 0.5) is 11.4 Å². The van der Waals surface area contributed by atoms with Crippen molar-refractivity contribution in [1.82, 2.24) is 4.57 Å². The highest BCUT2D eigenvalue weighted by Crippen LogP contribution is 2.40. The van der Waals surface area contributed by atoms with Crippen molar-refractivity contribution in [1.29, 1.82) is 0 Å². The molecule has 0 N–H and O–H groups in total. The summed E-state index contributed by atoms with van der Waals surface area (Å²) in [6.07, 6.45) is 2.66. The van der Waals surface area contributed by atoms with Gasteiger partial charge in [0.15, 0.2) is 5.43 Å². The fourth-order valence-electron chi connectivity index (χ4n) is 3.90. The Morgan fingerprint density at radius 1 is 0.769 bits per heavy atom. The molecule has 3 heteroatoms. The molecule has 1 aliphatic heterocycles. The number of para-hydroxylation sites is 3. The Balaban J connectivity index is 1.83. The first-order valence-corrected chi connectivity index (χ1v) is 8.78. The molecule has 5 rings (SSSR count). The van der Waals surface area contributed by atoms with Gasteiger partial charge >= 0.3 is 0 Å². The average molecular weight is 338 g/mol. The largest absolute Gasteiger partial charge is 0.341 e. The average Bonchev–Trinajstić information content (AvgIpc) is 2.69. The van der Waals surface area contributed by atoms with Crippen LogP contribution in [0, 0.1) is 0 Å². The van der Waals surface area contributed by atoms with Crippen LogP contribution in [-0.2, 0) is 6.42 Å². The van der Waals surface area contributed by atoms with E-state index in [1.807, 2.05) is 48.7 Å². The summed E-state index contributed by atoms with van der Waals surface area (Å²) in [5.41, 5.74) is 6.37. The van der Waals surface area contributed by atoms with Crippen LogP contribution in [0.5, 0.6) is 0 Å². The summed E-state index contributed by atoms with van der Waals surface area (Å²) in [4.78, 5) is 15.3. The Hall–Kier alpha value is -3.33. The van der Waals surface area contributed by atoms with Gasteiger partial charge in [0.2, 0.25) is 0 Å². The molecule has 1 aliphatic rings. The monoisotopic (exact) mass is 338 g/mol. The molecule has 1 aromatic heterocycles. The molecule has 0 amide bonds. The minimum Gasteiger partial charge on any atom is -0.341 e. The van der Waals surface area contributed by atoms with E-state index >= 15 is 0 Å². The fourth-order valence-corrected chi connectivity index (χ4v) is 3.90. The number of rotatable bonds is 2. The van der Waals surface area contributed by atoms with Crippen LogP contribution in [-0.4, -0.2) is 11.6 Å². The number of anilines is 2. The molecule has 0 radical (unpaired) electrons. The molecule has 0 bridgehead atoms. The van der Waals surface area contributed by atoms with Crippen molar-refractivity contribution in [3.63, 3.8) is 0 Å². The lowest BCUT2D eigenvalue weighted by atomic mass is 10.0. The Labute approximate surface area is 151 Å². The highest BCUT2D eigenvalue weighted by atomic mass is 16.1. The van der Waals surface area contributed by atoms with Gasteiger partial charge in [0.1, 0.15) is 0 Å². The van der Waals surface area contributed by atoms with Crippen molar-refractivity contribution in [2.75, 3.05) is 11.9 Å². The molecule has 2 heterocycles. The molecule has 3 nitrogen and oxygen atoms in total. The zero-order valence-electron chi connectivity index (χ0n) is 14.5. The second-order valence-corrected chi connectivity index (χ2v) is 6.74. The van der Waals surface area contributed by atoms with Gasteiger partial charge in [0, 0.05) is 30.6 Å².